The highest BCUT2D eigenvalue weighted by atomic mass is 35.5. The molecule has 0 unspecified atom stereocenters. The van der Waals surface area contributed by atoms with Crippen LogP contribution in [0.5, 0.6) is 0 Å². The lowest BCUT2D eigenvalue weighted by molar-refractivity contribution is 0.661. The second-order valence-electron chi connectivity index (χ2n) is 1.87. The zero-order valence-electron chi connectivity index (χ0n) is 6.40. The summed E-state index contributed by atoms with van der Waals surface area (Å²) in [5.41, 5.74) is 0.282. The number of hydrogen-bond acceptors (Lipinski definition) is 0. The monoisotopic (exact) mass is 172 g/mol. The second kappa shape index (κ2) is 4.91. The average Bonchev–Trinajstić information content (AvgIpc) is 1.98. The van der Waals surface area contributed by atoms with Crippen molar-refractivity contribution < 1.29 is 4.39 Å². The molecule has 0 saturated heterocycles. The van der Waals surface area contributed by atoms with Gasteiger partial charge in [-0.1, -0.05) is 43.0 Å². The van der Waals surface area contributed by atoms with Gasteiger partial charge in [-0.15, -0.1) is 0 Å². The van der Waals surface area contributed by atoms with Crippen molar-refractivity contribution in [1.29, 1.82) is 0 Å². The molecule has 0 nitrogen and oxygen atoms in total. The third-order valence-electron chi connectivity index (χ3n) is 1.06. The van der Waals surface area contributed by atoms with Crippen LogP contribution >= 0.6 is 11.6 Å². The fourth-order valence-electron chi connectivity index (χ4n) is 0.576. The van der Waals surface area contributed by atoms with Gasteiger partial charge in [-0.2, -0.15) is 0 Å². The summed E-state index contributed by atoms with van der Waals surface area (Å²) in [5.74, 6) is -0.548. The van der Waals surface area contributed by atoms with Crippen LogP contribution < -0.4 is 0 Å². The normalized spacial score (nSPS) is 13.0. The predicted octanol–water partition coefficient (Wildman–Crippen LogP) is 3.72. The van der Waals surface area contributed by atoms with Gasteiger partial charge >= 0.3 is 0 Å². The number of allylic oxidation sites excluding steroid dienone is 6. The lowest BCUT2D eigenvalue weighted by Crippen LogP contribution is -1.79. The number of halogens is 2. The minimum atomic E-state index is -0.548. The van der Waals surface area contributed by atoms with Crippen LogP contribution in [-0.4, -0.2) is 0 Å². The van der Waals surface area contributed by atoms with Crippen molar-refractivity contribution in [3.63, 3.8) is 0 Å². The van der Waals surface area contributed by atoms with Crippen LogP contribution in [-0.2, 0) is 0 Å². The number of hydrogen-bond donors (Lipinski definition) is 0. The molecule has 0 aliphatic carbocycles. The summed E-state index contributed by atoms with van der Waals surface area (Å²) in [4.78, 5) is 0. The quantitative estimate of drug-likeness (QED) is 0.570. The molecule has 0 aliphatic heterocycles. The van der Waals surface area contributed by atoms with Crippen LogP contribution in [0.15, 0.2) is 47.8 Å². The zero-order valence-corrected chi connectivity index (χ0v) is 7.16. The van der Waals surface area contributed by atoms with Crippen molar-refractivity contribution in [2.75, 3.05) is 0 Å². The molecule has 0 rings (SSSR count). The molecular weight excluding hydrogens is 163 g/mol. The molecular formula is C9H10ClF. The van der Waals surface area contributed by atoms with E-state index in [4.69, 9.17) is 11.6 Å². The Morgan fingerprint density at radius 3 is 2.36 bits per heavy atom. The first-order chi connectivity index (χ1) is 5.13. The molecule has 0 bridgehead atoms. The molecule has 0 fully saturated rings. The van der Waals surface area contributed by atoms with Crippen LogP contribution in [0.4, 0.5) is 4.39 Å². The topological polar surface area (TPSA) is 0 Å². The SMILES string of the molecule is C=C/C(Cl)=C(/C=C/C)C(=C)F. The van der Waals surface area contributed by atoms with Crippen LogP contribution in [0.25, 0.3) is 0 Å². The van der Waals surface area contributed by atoms with E-state index in [1.165, 1.54) is 6.08 Å². The summed E-state index contributed by atoms with van der Waals surface area (Å²) in [7, 11) is 0. The van der Waals surface area contributed by atoms with Crippen LogP contribution in [0.2, 0.25) is 0 Å². The van der Waals surface area contributed by atoms with E-state index in [1.807, 2.05) is 0 Å². The molecule has 0 aliphatic rings. The Morgan fingerprint density at radius 1 is 1.55 bits per heavy atom. The van der Waals surface area contributed by atoms with E-state index in [-0.39, 0.29) is 10.6 Å². The van der Waals surface area contributed by atoms with E-state index in [1.54, 1.807) is 19.1 Å². The van der Waals surface area contributed by atoms with Crippen molar-refractivity contribution in [3.05, 3.63) is 47.8 Å². The van der Waals surface area contributed by atoms with Gasteiger partial charge in [-0.25, -0.2) is 4.39 Å². The fraction of sp³-hybridized carbons (Fsp3) is 0.111. The largest absolute Gasteiger partial charge is 0.207 e. The van der Waals surface area contributed by atoms with Crippen molar-refractivity contribution in [1.82, 2.24) is 0 Å². The van der Waals surface area contributed by atoms with E-state index >= 15 is 0 Å². The molecule has 0 aromatic rings. The van der Waals surface area contributed by atoms with E-state index in [9.17, 15) is 4.39 Å². The van der Waals surface area contributed by atoms with Crippen molar-refractivity contribution in [3.8, 4) is 0 Å². The van der Waals surface area contributed by atoms with E-state index in [0.29, 0.717) is 0 Å². The molecule has 0 heterocycles. The Kier molecular flexibility index (Phi) is 4.55. The summed E-state index contributed by atoms with van der Waals surface area (Å²) in [6, 6.07) is 0. The summed E-state index contributed by atoms with van der Waals surface area (Å²) < 4.78 is 12.6. The van der Waals surface area contributed by atoms with Crippen molar-refractivity contribution in [2.24, 2.45) is 0 Å². The lowest BCUT2D eigenvalue weighted by atomic mass is 10.2. The second-order valence-corrected chi connectivity index (χ2v) is 2.28. The third-order valence-corrected chi connectivity index (χ3v) is 1.42. The molecule has 0 N–H and O–H groups in total. The first-order valence-electron chi connectivity index (χ1n) is 3.13. The van der Waals surface area contributed by atoms with Crippen molar-refractivity contribution in [2.45, 2.75) is 6.92 Å². The standard InChI is InChI=1S/C9H10ClF/c1-4-6-8(7(3)11)9(10)5-2/h4-6H,2-3H2,1H3/b6-4+,9-8+. The average molecular weight is 173 g/mol. The third kappa shape index (κ3) is 3.19. The molecule has 11 heavy (non-hydrogen) atoms. The van der Waals surface area contributed by atoms with Gasteiger partial charge in [0, 0.05) is 5.57 Å². The minimum Gasteiger partial charge on any atom is -0.207 e. The Bertz CT molecular complexity index is 224. The van der Waals surface area contributed by atoms with E-state index in [2.05, 4.69) is 13.2 Å². The van der Waals surface area contributed by atoms with Crippen molar-refractivity contribution >= 4 is 11.6 Å². The van der Waals surface area contributed by atoms with Gasteiger partial charge in [0.1, 0.15) is 5.83 Å². The minimum absolute atomic E-state index is 0.274. The molecule has 60 valence electrons. The van der Waals surface area contributed by atoms with E-state index < -0.39 is 5.83 Å². The Morgan fingerprint density at radius 2 is 2.09 bits per heavy atom. The van der Waals surface area contributed by atoms with Crippen LogP contribution in [0, 0.1) is 0 Å². The molecule has 0 aromatic carbocycles. The Hall–Kier alpha value is -0.820. The molecule has 0 radical (unpaired) electrons. The molecule has 0 spiro atoms. The maximum Gasteiger partial charge on any atom is 0.124 e. The zero-order chi connectivity index (χ0) is 8.85. The summed E-state index contributed by atoms with van der Waals surface area (Å²) in [6.07, 6.45) is 4.61. The molecule has 0 saturated carbocycles. The maximum absolute atomic E-state index is 12.6. The molecule has 2 heteroatoms. The summed E-state index contributed by atoms with van der Waals surface area (Å²) in [5, 5.41) is 0.274. The fourth-order valence-corrected chi connectivity index (χ4v) is 0.742. The van der Waals surface area contributed by atoms with Crippen LogP contribution in [0.3, 0.4) is 0 Å². The summed E-state index contributed by atoms with van der Waals surface area (Å²) in [6.45, 7) is 8.32. The summed E-state index contributed by atoms with van der Waals surface area (Å²) >= 11 is 5.61. The first kappa shape index (κ1) is 10.2. The van der Waals surface area contributed by atoms with E-state index in [0.717, 1.165) is 0 Å². The van der Waals surface area contributed by atoms with Gasteiger partial charge in [0.2, 0.25) is 0 Å². The van der Waals surface area contributed by atoms with Gasteiger partial charge in [0.05, 0.1) is 5.03 Å². The molecule has 0 aromatic heterocycles. The van der Waals surface area contributed by atoms with Gasteiger partial charge in [-0.05, 0) is 6.92 Å². The van der Waals surface area contributed by atoms with Gasteiger partial charge in [0.25, 0.3) is 0 Å². The van der Waals surface area contributed by atoms with Gasteiger partial charge in [0.15, 0.2) is 0 Å². The first-order valence-corrected chi connectivity index (χ1v) is 3.51. The molecule has 0 atom stereocenters. The Balaban J connectivity index is 4.87. The Labute approximate surface area is 71.4 Å². The molecule has 0 amide bonds. The highest BCUT2D eigenvalue weighted by Crippen LogP contribution is 2.19. The van der Waals surface area contributed by atoms with Gasteiger partial charge < -0.3 is 0 Å². The van der Waals surface area contributed by atoms with Crippen LogP contribution in [0.1, 0.15) is 6.92 Å². The maximum atomic E-state index is 12.6. The smallest absolute Gasteiger partial charge is 0.124 e. The number of rotatable bonds is 3. The lowest BCUT2D eigenvalue weighted by Gasteiger charge is -1.97. The highest BCUT2D eigenvalue weighted by molar-refractivity contribution is 6.32. The highest BCUT2D eigenvalue weighted by Gasteiger charge is 2.00. The van der Waals surface area contributed by atoms with Gasteiger partial charge in [-0.3, -0.25) is 0 Å². The predicted molar refractivity (Wildman–Crippen MR) is 48.1 cm³/mol.